The van der Waals surface area contributed by atoms with Crippen LogP contribution < -0.4 is 0 Å². The molecule has 0 radical (unpaired) electrons. The van der Waals surface area contributed by atoms with E-state index in [1.807, 2.05) is 0 Å². The fraction of sp³-hybridized carbons (Fsp3) is 0.977. The Morgan fingerprint density at radius 1 is 0.246 bits per heavy atom. The molecule has 0 amide bonds. The summed E-state index contributed by atoms with van der Waals surface area (Å²) in [5, 5.41) is 0. The van der Waals surface area contributed by atoms with Gasteiger partial charge in [-0.15, -0.1) is 0 Å². The minimum atomic E-state index is -0.287. The third-order valence-corrected chi connectivity index (χ3v) is 8.53. The molecule has 0 unspecified atom stereocenters. The zero-order chi connectivity index (χ0) is 43.9. The van der Waals surface area contributed by atoms with Gasteiger partial charge in [-0.3, -0.25) is 4.79 Å². The van der Waals surface area contributed by atoms with E-state index in [0.29, 0.717) is 192 Å². The van der Waals surface area contributed by atoms with Crippen LogP contribution in [0.15, 0.2) is 0 Å². The van der Waals surface area contributed by atoms with Crippen molar-refractivity contribution in [3.63, 3.8) is 0 Å². The molecule has 0 atom stereocenters. The first-order valence-corrected chi connectivity index (χ1v) is 23.0. The van der Waals surface area contributed by atoms with E-state index in [0.717, 1.165) is 13.0 Å². The maximum Gasteiger partial charge on any atom is 0.307 e. The van der Waals surface area contributed by atoms with Crippen molar-refractivity contribution < 1.29 is 80.6 Å². The van der Waals surface area contributed by atoms with E-state index in [2.05, 4.69) is 11.7 Å². The van der Waals surface area contributed by atoms with Crippen LogP contribution in [0.2, 0.25) is 0 Å². The number of rotatable bonds is 56. The Kier molecular flexibility index (Phi) is 55.8. The van der Waals surface area contributed by atoms with Crippen LogP contribution in [0.5, 0.6) is 0 Å². The number of ether oxygens (including phenoxy) is 16. The highest BCUT2D eigenvalue weighted by atomic mass is 16.6. The topological polar surface area (TPSA) is 165 Å². The van der Waals surface area contributed by atoms with Crippen molar-refractivity contribution in [1.82, 2.24) is 0 Å². The van der Waals surface area contributed by atoms with Gasteiger partial charge in [0.05, 0.1) is 205 Å². The van der Waals surface area contributed by atoms with Gasteiger partial charge in [0.1, 0.15) is 0 Å². The van der Waals surface area contributed by atoms with Gasteiger partial charge in [-0.05, 0) is 6.42 Å². The Morgan fingerprint density at radius 2 is 0.426 bits per heavy atom. The van der Waals surface area contributed by atoms with Crippen LogP contribution in [0, 0.1) is 0 Å². The molecule has 17 heteroatoms. The number of hydrogen-bond donors (Lipinski definition) is 0. The van der Waals surface area contributed by atoms with Crippen molar-refractivity contribution in [1.29, 1.82) is 0 Å². The normalized spacial score (nSPS) is 11.6. The van der Waals surface area contributed by atoms with Gasteiger partial charge in [0, 0.05) is 6.61 Å². The predicted molar refractivity (Wildman–Crippen MR) is 231 cm³/mol. The second kappa shape index (κ2) is 56.9. The molecule has 0 heterocycles. The van der Waals surface area contributed by atoms with E-state index in [9.17, 15) is 4.79 Å². The van der Waals surface area contributed by atoms with Gasteiger partial charge in [0.2, 0.25) is 0 Å². The van der Waals surface area contributed by atoms with Gasteiger partial charge in [-0.1, -0.05) is 64.7 Å². The highest BCUT2D eigenvalue weighted by molar-refractivity contribution is 5.69. The van der Waals surface area contributed by atoms with E-state index in [-0.39, 0.29) is 12.4 Å². The van der Waals surface area contributed by atoms with Gasteiger partial charge in [-0.25, -0.2) is 0 Å². The Labute approximate surface area is 368 Å². The minimum Gasteiger partial charge on any atom is -0.469 e. The van der Waals surface area contributed by atoms with Crippen molar-refractivity contribution in [2.75, 3.05) is 205 Å². The summed E-state index contributed by atoms with van der Waals surface area (Å²) in [5.41, 5.74) is 0. The van der Waals surface area contributed by atoms with Crippen LogP contribution in [0.1, 0.15) is 77.6 Å². The molecular weight excluding hydrogens is 800 g/mol. The molecule has 0 spiro atoms. The van der Waals surface area contributed by atoms with Crippen molar-refractivity contribution >= 4 is 5.97 Å². The van der Waals surface area contributed by atoms with E-state index >= 15 is 0 Å². The smallest absolute Gasteiger partial charge is 0.307 e. The monoisotopic (exact) mass is 889 g/mol. The van der Waals surface area contributed by atoms with Crippen molar-refractivity contribution in [3.05, 3.63) is 0 Å². The van der Waals surface area contributed by atoms with Gasteiger partial charge in [0.25, 0.3) is 0 Å². The fourth-order valence-corrected chi connectivity index (χ4v) is 5.13. The maximum atomic E-state index is 10.9. The molecule has 0 fully saturated rings. The van der Waals surface area contributed by atoms with Crippen LogP contribution in [0.4, 0.5) is 0 Å². The molecule has 0 bridgehead atoms. The maximum absolute atomic E-state index is 10.9. The molecule has 0 N–H and O–H groups in total. The van der Waals surface area contributed by atoms with Crippen molar-refractivity contribution in [2.24, 2.45) is 0 Å². The average molecular weight is 889 g/mol. The zero-order valence-electron chi connectivity index (χ0n) is 38.4. The molecule has 0 aromatic heterocycles. The zero-order valence-corrected chi connectivity index (χ0v) is 38.4. The molecular formula is C44H88O17. The lowest BCUT2D eigenvalue weighted by Crippen LogP contribution is -2.15. The van der Waals surface area contributed by atoms with Crippen LogP contribution >= 0.6 is 0 Å². The quantitative estimate of drug-likeness (QED) is 0.0608. The summed E-state index contributed by atoms with van der Waals surface area (Å²) >= 11 is 0. The standard InChI is InChI=1S/C44H88O17/c1-3-4-5-6-7-8-9-10-11-12-14-47-16-18-49-20-22-51-24-26-53-28-30-55-32-34-57-36-38-59-40-42-61-43-41-60-39-37-58-35-33-56-31-29-54-27-25-52-23-21-50-19-17-48-15-13-44(45)46-2/h3-43H2,1-2H3. The van der Waals surface area contributed by atoms with Gasteiger partial charge < -0.3 is 75.8 Å². The Hall–Kier alpha value is -1.13. The number of carbonyl (C=O) groups is 1. The van der Waals surface area contributed by atoms with Gasteiger partial charge in [-0.2, -0.15) is 0 Å². The van der Waals surface area contributed by atoms with Gasteiger partial charge in [0.15, 0.2) is 0 Å². The molecule has 0 aromatic carbocycles. The summed E-state index contributed by atoms with van der Waals surface area (Å²) in [6.07, 6.45) is 13.6. The first kappa shape index (κ1) is 59.9. The highest BCUT2D eigenvalue weighted by Gasteiger charge is 2.00. The molecule has 0 aliphatic heterocycles. The number of hydrogen-bond acceptors (Lipinski definition) is 17. The van der Waals surface area contributed by atoms with Crippen molar-refractivity contribution in [3.8, 4) is 0 Å². The molecule has 0 saturated carbocycles. The van der Waals surface area contributed by atoms with E-state index in [1.165, 1.54) is 64.9 Å². The van der Waals surface area contributed by atoms with E-state index < -0.39 is 0 Å². The van der Waals surface area contributed by atoms with Crippen molar-refractivity contribution in [2.45, 2.75) is 77.6 Å². The fourth-order valence-electron chi connectivity index (χ4n) is 5.13. The average Bonchev–Trinajstić information content (AvgIpc) is 3.27. The number of carbonyl (C=O) groups excluding carboxylic acids is 1. The van der Waals surface area contributed by atoms with Crippen LogP contribution in [0.3, 0.4) is 0 Å². The second-order valence-electron chi connectivity index (χ2n) is 13.7. The number of methoxy groups -OCH3 is 1. The summed E-state index contributed by atoms with van der Waals surface area (Å²) in [5.74, 6) is -0.287. The highest BCUT2D eigenvalue weighted by Crippen LogP contribution is 2.10. The van der Waals surface area contributed by atoms with E-state index in [1.54, 1.807) is 0 Å². The van der Waals surface area contributed by atoms with Gasteiger partial charge >= 0.3 is 5.97 Å². The number of esters is 1. The summed E-state index contributed by atoms with van der Waals surface area (Å²) in [4.78, 5) is 10.9. The first-order chi connectivity index (χ1) is 30.3. The van der Waals surface area contributed by atoms with Crippen LogP contribution in [-0.2, 0) is 80.6 Å². The number of unbranched alkanes of at least 4 members (excludes halogenated alkanes) is 9. The SMILES string of the molecule is CCCCCCCCCCCCOCCOCCOCCOCCOCCOCCOCCOCCOCCOCCOCCOCCOCCOCCOCCC(=O)OC. The van der Waals surface area contributed by atoms with Crippen LogP contribution in [-0.4, -0.2) is 211 Å². The Balaban J connectivity index is 3.07. The second-order valence-corrected chi connectivity index (χ2v) is 13.7. The Morgan fingerprint density at radius 3 is 0.639 bits per heavy atom. The molecule has 61 heavy (non-hydrogen) atoms. The largest absolute Gasteiger partial charge is 0.469 e. The minimum absolute atomic E-state index is 0.242. The predicted octanol–water partition coefficient (Wildman–Crippen LogP) is 4.72. The molecule has 0 saturated heterocycles. The molecule has 0 aromatic rings. The molecule has 0 rings (SSSR count). The third-order valence-electron chi connectivity index (χ3n) is 8.53. The summed E-state index contributed by atoms with van der Waals surface area (Å²) < 4.78 is 86.9. The molecule has 17 nitrogen and oxygen atoms in total. The lowest BCUT2D eigenvalue weighted by Gasteiger charge is -2.09. The summed E-state index contributed by atoms with van der Waals surface area (Å²) in [6, 6.07) is 0. The summed E-state index contributed by atoms with van der Waals surface area (Å²) in [6.45, 7) is 17.6. The molecule has 0 aliphatic rings. The molecule has 0 aliphatic carbocycles. The summed E-state index contributed by atoms with van der Waals surface area (Å²) in [7, 11) is 1.35. The Bertz CT molecular complexity index is 801. The molecule has 366 valence electrons. The van der Waals surface area contributed by atoms with Crippen LogP contribution in [0.25, 0.3) is 0 Å². The lowest BCUT2D eigenvalue weighted by atomic mass is 10.1. The van der Waals surface area contributed by atoms with E-state index in [4.69, 9.17) is 71.1 Å². The first-order valence-electron chi connectivity index (χ1n) is 23.0. The lowest BCUT2D eigenvalue weighted by molar-refractivity contribution is -0.141. The third kappa shape index (κ3) is 56.9.